The highest BCUT2D eigenvalue weighted by Gasteiger charge is 2.26. The van der Waals surface area contributed by atoms with E-state index in [0.717, 1.165) is 4.68 Å². The standard InChI is InChI=1S/C24H23FN8O4/c25-6-9-36-18-11-15(10-16-12-35-13-37-20(16)18)19(30-17-4-2-14(3-5-17)21(26)27)22-31-24(34)33(32-22)23-28-7-1-8-29-23/h1-5,7-8,10-11,19,30H,6,9,12-13H2,(H3,26,27)(H,31,32,34)/t19-/m0/s1. The van der Waals surface area contributed by atoms with Crippen molar-refractivity contribution in [1.82, 2.24) is 24.7 Å². The van der Waals surface area contributed by atoms with Crippen LogP contribution in [0, 0.1) is 5.41 Å². The molecular formula is C24H23FN8O4. The molecule has 190 valence electrons. The highest BCUT2D eigenvalue weighted by molar-refractivity contribution is 5.95. The van der Waals surface area contributed by atoms with E-state index in [9.17, 15) is 9.18 Å². The van der Waals surface area contributed by atoms with Crippen molar-refractivity contribution in [1.29, 1.82) is 5.41 Å². The molecule has 0 amide bonds. The number of ether oxygens (including phenoxy) is 3. The first-order chi connectivity index (χ1) is 18.0. The average molecular weight is 506 g/mol. The molecule has 0 saturated carbocycles. The van der Waals surface area contributed by atoms with Crippen LogP contribution in [0.5, 0.6) is 11.5 Å². The van der Waals surface area contributed by atoms with Crippen molar-refractivity contribution in [3.63, 3.8) is 0 Å². The molecule has 0 spiro atoms. The number of nitrogens with one attached hydrogen (secondary N) is 3. The number of hydrogen-bond acceptors (Lipinski definition) is 9. The monoisotopic (exact) mass is 506 g/mol. The quantitative estimate of drug-likeness (QED) is 0.196. The fourth-order valence-electron chi connectivity index (χ4n) is 3.86. The van der Waals surface area contributed by atoms with E-state index in [4.69, 9.17) is 25.4 Å². The molecule has 2 aromatic carbocycles. The second kappa shape index (κ2) is 10.5. The fourth-order valence-corrected chi connectivity index (χ4v) is 3.86. The molecule has 5 N–H and O–H groups in total. The van der Waals surface area contributed by atoms with E-state index in [1.807, 2.05) is 6.07 Å². The highest BCUT2D eigenvalue weighted by Crippen LogP contribution is 2.39. The smallest absolute Gasteiger partial charge is 0.350 e. The third kappa shape index (κ3) is 5.11. The largest absolute Gasteiger partial charge is 0.487 e. The maximum atomic E-state index is 12.9. The molecule has 0 radical (unpaired) electrons. The Balaban J connectivity index is 1.60. The predicted molar refractivity (Wildman–Crippen MR) is 131 cm³/mol. The second-order valence-corrected chi connectivity index (χ2v) is 8.00. The Labute approximate surface area is 209 Å². The molecule has 1 aliphatic rings. The number of hydrogen-bond donors (Lipinski definition) is 4. The maximum absolute atomic E-state index is 12.9. The number of rotatable bonds is 9. The summed E-state index contributed by atoms with van der Waals surface area (Å²) in [4.78, 5) is 23.8. The van der Waals surface area contributed by atoms with Crippen LogP contribution in [0.3, 0.4) is 0 Å². The third-order valence-corrected chi connectivity index (χ3v) is 5.52. The van der Waals surface area contributed by atoms with Crippen molar-refractivity contribution in [2.75, 3.05) is 25.4 Å². The Morgan fingerprint density at radius 3 is 2.78 bits per heavy atom. The third-order valence-electron chi connectivity index (χ3n) is 5.52. The predicted octanol–water partition coefficient (Wildman–Crippen LogP) is 2.05. The van der Waals surface area contributed by atoms with Crippen LogP contribution in [0.15, 0.2) is 59.7 Å². The van der Waals surface area contributed by atoms with E-state index < -0.39 is 18.4 Å². The summed E-state index contributed by atoms with van der Waals surface area (Å²) in [6, 6.07) is 11.4. The van der Waals surface area contributed by atoms with E-state index in [0.29, 0.717) is 33.9 Å². The van der Waals surface area contributed by atoms with Crippen LogP contribution >= 0.6 is 0 Å². The van der Waals surface area contributed by atoms with E-state index in [1.165, 1.54) is 12.4 Å². The second-order valence-electron chi connectivity index (χ2n) is 8.00. The Hall–Kier alpha value is -4.78. The topological polar surface area (TPSA) is 166 Å². The number of benzene rings is 2. The van der Waals surface area contributed by atoms with Crippen molar-refractivity contribution in [3.05, 3.63) is 87.9 Å². The molecule has 2 aromatic heterocycles. The minimum Gasteiger partial charge on any atom is -0.487 e. The zero-order chi connectivity index (χ0) is 25.8. The zero-order valence-corrected chi connectivity index (χ0v) is 19.5. The molecule has 13 heteroatoms. The van der Waals surface area contributed by atoms with Crippen molar-refractivity contribution >= 4 is 11.5 Å². The molecule has 5 rings (SSSR count). The summed E-state index contributed by atoms with van der Waals surface area (Å²) >= 11 is 0. The first kappa shape index (κ1) is 23.9. The Morgan fingerprint density at radius 2 is 2.05 bits per heavy atom. The molecule has 0 unspecified atom stereocenters. The van der Waals surface area contributed by atoms with Crippen molar-refractivity contribution in [2.24, 2.45) is 5.73 Å². The molecule has 0 aliphatic carbocycles. The minimum absolute atomic E-state index is 0.0529. The summed E-state index contributed by atoms with van der Waals surface area (Å²) in [5.74, 6) is 1.14. The van der Waals surface area contributed by atoms with Gasteiger partial charge in [-0.3, -0.25) is 10.4 Å². The van der Waals surface area contributed by atoms with Gasteiger partial charge in [0.2, 0.25) is 0 Å². The average Bonchev–Trinajstić information content (AvgIpc) is 3.32. The molecule has 37 heavy (non-hydrogen) atoms. The molecule has 0 fully saturated rings. The van der Waals surface area contributed by atoms with Gasteiger partial charge in [0.25, 0.3) is 5.95 Å². The molecule has 0 saturated heterocycles. The van der Waals surface area contributed by atoms with Gasteiger partial charge in [-0.15, -0.1) is 9.78 Å². The summed E-state index contributed by atoms with van der Waals surface area (Å²) in [6.45, 7) is -0.509. The van der Waals surface area contributed by atoms with Crippen LogP contribution < -0.4 is 26.2 Å². The minimum atomic E-state index is -0.694. The van der Waals surface area contributed by atoms with Gasteiger partial charge in [0.15, 0.2) is 24.1 Å². The number of aromatic nitrogens is 5. The van der Waals surface area contributed by atoms with Gasteiger partial charge in [0, 0.05) is 29.2 Å². The summed E-state index contributed by atoms with van der Waals surface area (Å²) < 4.78 is 30.7. The number of halogens is 1. The lowest BCUT2D eigenvalue weighted by molar-refractivity contribution is -0.0185. The number of nitrogens with two attached hydrogens (primary N) is 1. The van der Waals surface area contributed by atoms with Crippen molar-refractivity contribution in [3.8, 4) is 17.4 Å². The molecular weight excluding hydrogens is 483 g/mol. The Morgan fingerprint density at radius 1 is 1.27 bits per heavy atom. The number of amidine groups is 1. The highest BCUT2D eigenvalue weighted by atomic mass is 19.1. The van der Waals surface area contributed by atoms with E-state index >= 15 is 0 Å². The number of H-pyrrole nitrogens is 1. The number of anilines is 1. The number of fused-ring (bicyclic) bond motifs is 1. The molecule has 1 aliphatic heterocycles. The van der Waals surface area contributed by atoms with Gasteiger partial charge in [-0.25, -0.2) is 19.2 Å². The van der Waals surface area contributed by atoms with Gasteiger partial charge in [0.05, 0.1) is 6.61 Å². The number of nitrogen functional groups attached to an aromatic ring is 1. The lowest BCUT2D eigenvalue weighted by Gasteiger charge is -2.24. The van der Waals surface area contributed by atoms with E-state index in [1.54, 1.807) is 36.4 Å². The number of nitrogens with zero attached hydrogens (tertiary/aromatic N) is 4. The van der Waals surface area contributed by atoms with Crippen LogP contribution in [-0.2, 0) is 11.3 Å². The van der Waals surface area contributed by atoms with Crippen LogP contribution in [0.1, 0.15) is 28.6 Å². The van der Waals surface area contributed by atoms with Crippen LogP contribution in [-0.4, -0.2) is 50.6 Å². The summed E-state index contributed by atoms with van der Waals surface area (Å²) in [5.41, 5.74) is 7.62. The molecule has 4 aromatic rings. The van der Waals surface area contributed by atoms with Crippen LogP contribution in [0.25, 0.3) is 5.95 Å². The van der Waals surface area contributed by atoms with E-state index in [2.05, 4.69) is 25.4 Å². The van der Waals surface area contributed by atoms with Gasteiger partial charge in [-0.2, -0.15) is 0 Å². The summed E-state index contributed by atoms with van der Waals surface area (Å²) in [6.07, 6.45) is 3.01. The van der Waals surface area contributed by atoms with Gasteiger partial charge in [-0.1, -0.05) is 0 Å². The number of aromatic amines is 1. The molecule has 3 heterocycles. The first-order valence-corrected chi connectivity index (χ1v) is 11.3. The zero-order valence-electron chi connectivity index (χ0n) is 19.5. The molecule has 0 bridgehead atoms. The van der Waals surface area contributed by atoms with Gasteiger partial charge < -0.3 is 25.3 Å². The van der Waals surface area contributed by atoms with Gasteiger partial charge >= 0.3 is 5.69 Å². The maximum Gasteiger partial charge on any atom is 0.350 e. The van der Waals surface area contributed by atoms with Crippen LogP contribution in [0.4, 0.5) is 10.1 Å². The molecule has 1 atom stereocenters. The summed E-state index contributed by atoms with van der Waals surface area (Å²) in [5, 5.41) is 15.4. The summed E-state index contributed by atoms with van der Waals surface area (Å²) in [7, 11) is 0. The van der Waals surface area contributed by atoms with Gasteiger partial charge in [0.1, 0.15) is 25.2 Å². The Kier molecular flexibility index (Phi) is 6.76. The molecule has 12 nitrogen and oxygen atoms in total. The van der Waals surface area contributed by atoms with E-state index in [-0.39, 0.29) is 37.6 Å². The number of alkyl halides is 1. The lowest BCUT2D eigenvalue weighted by Crippen LogP contribution is -2.18. The fraction of sp³-hybridized carbons (Fsp3) is 0.208. The lowest BCUT2D eigenvalue weighted by atomic mass is 10.0. The van der Waals surface area contributed by atoms with Crippen LogP contribution in [0.2, 0.25) is 0 Å². The van der Waals surface area contributed by atoms with Crippen molar-refractivity contribution < 1.29 is 18.6 Å². The Bertz CT molecular complexity index is 1460. The normalized spacial score (nSPS) is 13.3. The SMILES string of the molecule is N=C(N)c1ccc(N[C@@H](c2cc3c(c(OCCF)c2)OCOC3)c2nn(-c3ncccn3)c(=O)[nH]2)cc1. The van der Waals surface area contributed by atoms with Crippen molar-refractivity contribution in [2.45, 2.75) is 12.6 Å². The first-order valence-electron chi connectivity index (χ1n) is 11.3. The van der Waals surface area contributed by atoms with Gasteiger partial charge in [-0.05, 0) is 48.0 Å².